The summed E-state index contributed by atoms with van der Waals surface area (Å²) in [7, 11) is 6.16. The Labute approximate surface area is 193 Å². The zero-order valence-electron chi connectivity index (χ0n) is 19.9. The van der Waals surface area contributed by atoms with Crippen LogP contribution in [0.5, 0.6) is 0 Å². The largest absolute Gasteiger partial charge is 0.548 e. The van der Waals surface area contributed by atoms with E-state index >= 15 is 0 Å². The standard InChI is InChI=1S/C18H22F2N2O4.C5H14NO/c1-10(2)17(18(25)26)21-14(23)8-12-6-7-15(24)22(12)9-11-4-3-5-13(19)16(11)20;1-6(2,3)4-5-7/h3-5,10,12,17H,6-9H2,1-2H3,(H,21,23)(H,25,26);7H,4-5H2,1-3H3/q;+1/p-1/t12-,17-;/m0./s1. The number of nitrogens with one attached hydrogen (secondary N) is 1. The molecule has 186 valence electrons. The second kappa shape index (κ2) is 12.6. The molecule has 2 N–H and O–H groups in total. The van der Waals surface area contributed by atoms with E-state index in [0.717, 1.165) is 17.1 Å². The number of nitrogens with zero attached hydrogens (tertiary/aromatic N) is 2. The molecule has 33 heavy (non-hydrogen) atoms. The number of likely N-dealkylation sites (tertiary alicyclic amines) is 1. The molecule has 0 spiro atoms. The van der Waals surface area contributed by atoms with Crippen molar-refractivity contribution in [1.29, 1.82) is 0 Å². The van der Waals surface area contributed by atoms with Crippen LogP contribution in [0.15, 0.2) is 18.2 Å². The summed E-state index contributed by atoms with van der Waals surface area (Å²) in [4.78, 5) is 36.7. The van der Waals surface area contributed by atoms with Crippen LogP contribution in [-0.2, 0) is 20.9 Å². The lowest BCUT2D eigenvalue weighted by molar-refractivity contribution is -0.870. The summed E-state index contributed by atoms with van der Waals surface area (Å²) in [5.74, 6) is -4.55. The van der Waals surface area contributed by atoms with Crippen molar-refractivity contribution in [2.75, 3.05) is 34.3 Å². The number of carbonyl (C=O) groups is 3. The molecule has 0 aliphatic carbocycles. The topological polar surface area (TPSA) is 110 Å². The van der Waals surface area contributed by atoms with Gasteiger partial charge in [-0.25, -0.2) is 8.78 Å². The Balaban J connectivity index is 0.000000675. The van der Waals surface area contributed by atoms with E-state index in [1.165, 1.54) is 17.0 Å². The molecule has 8 nitrogen and oxygen atoms in total. The first kappa shape index (κ1) is 28.4. The molecule has 2 atom stereocenters. The first-order valence-corrected chi connectivity index (χ1v) is 10.9. The third kappa shape index (κ3) is 9.43. The van der Waals surface area contributed by atoms with Crippen molar-refractivity contribution in [3.05, 3.63) is 35.4 Å². The number of quaternary nitrogens is 1. The smallest absolute Gasteiger partial charge is 0.223 e. The zero-order chi connectivity index (χ0) is 25.3. The monoisotopic (exact) mass is 471 g/mol. The highest BCUT2D eigenvalue weighted by atomic mass is 19.2. The minimum atomic E-state index is -1.38. The number of halogens is 2. The fraction of sp³-hybridized carbons (Fsp3) is 0.609. The number of amides is 2. The second-order valence-electron chi connectivity index (χ2n) is 9.48. The van der Waals surface area contributed by atoms with Gasteiger partial charge in [0.1, 0.15) is 6.54 Å². The molecule has 1 saturated heterocycles. The van der Waals surface area contributed by atoms with E-state index in [9.17, 15) is 28.3 Å². The molecule has 1 fully saturated rings. The number of hydrogen-bond acceptors (Lipinski definition) is 5. The van der Waals surface area contributed by atoms with E-state index in [4.69, 9.17) is 5.11 Å². The summed E-state index contributed by atoms with van der Waals surface area (Å²) in [5, 5.41) is 21.8. The van der Waals surface area contributed by atoms with Crippen LogP contribution in [0.25, 0.3) is 0 Å². The Morgan fingerprint density at radius 1 is 1.27 bits per heavy atom. The minimum absolute atomic E-state index is 0.0282. The Morgan fingerprint density at radius 2 is 1.91 bits per heavy atom. The highest BCUT2D eigenvalue weighted by molar-refractivity contribution is 5.85. The van der Waals surface area contributed by atoms with Crippen molar-refractivity contribution in [2.24, 2.45) is 5.92 Å². The SMILES string of the molecule is CC(C)[C@H](NC(=O)C[C@@H]1CCC(=O)N1Cc1cccc(F)c1F)C(=O)[O-].C[N+](C)(C)CCO. The van der Waals surface area contributed by atoms with Gasteiger partial charge in [0.25, 0.3) is 0 Å². The average molecular weight is 472 g/mol. The Hall–Kier alpha value is -2.59. The number of aliphatic hydroxyl groups excluding tert-OH is 1. The lowest BCUT2D eigenvalue weighted by Gasteiger charge is -2.27. The highest BCUT2D eigenvalue weighted by Gasteiger charge is 2.33. The number of benzene rings is 1. The van der Waals surface area contributed by atoms with Crippen molar-refractivity contribution in [1.82, 2.24) is 10.2 Å². The van der Waals surface area contributed by atoms with Gasteiger partial charge in [0.15, 0.2) is 11.6 Å². The number of rotatable bonds is 9. The Morgan fingerprint density at radius 3 is 2.39 bits per heavy atom. The van der Waals surface area contributed by atoms with Crippen molar-refractivity contribution >= 4 is 17.8 Å². The summed E-state index contributed by atoms with van der Waals surface area (Å²) in [6.45, 7) is 4.25. The van der Waals surface area contributed by atoms with E-state index in [1.807, 2.05) is 0 Å². The third-order valence-electron chi connectivity index (χ3n) is 5.25. The molecule has 0 radical (unpaired) electrons. The molecule has 1 heterocycles. The summed E-state index contributed by atoms with van der Waals surface area (Å²) in [5.41, 5.74) is 0.0282. The summed E-state index contributed by atoms with van der Waals surface area (Å²) in [6, 6.07) is 2.09. The number of hydrogen-bond donors (Lipinski definition) is 2. The Bertz CT molecular complexity index is 827. The normalized spacial score (nSPS) is 16.9. The van der Waals surface area contributed by atoms with E-state index in [0.29, 0.717) is 6.42 Å². The summed E-state index contributed by atoms with van der Waals surface area (Å²) in [6.07, 6.45) is 0.475. The number of aliphatic carboxylic acids is 1. The zero-order valence-corrected chi connectivity index (χ0v) is 19.9. The molecule has 2 amide bonds. The Kier molecular flexibility index (Phi) is 10.9. The van der Waals surface area contributed by atoms with Crippen LogP contribution in [0.3, 0.4) is 0 Å². The maximum atomic E-state index is 13.9. The lowest BCUT2D eigenvalue weighted by atomic mass is 10.0. The number of carboxylic acid groups (broad SMARTS) is 1. The fourth-order valence-electron chi connectivity index (χ4n) is 3.32. The van der Waals surface area contributed by atoms with Crippen molar-refractivity contribution in [3.63, 3.8) is 0 Å². The number of aliphatic hydroxyl groups is 1. The van der Waals surface area contributed by atoms with Gasteiger partial charge < -0.3 is 29.7 Å². The van der Waals surface area contributed by atoms with E-state index in [-0.39, 0.29) is 43.4 Å². The van der Waals surface area contributed by atoms with Gasteiger partial charge in [0.05, 0.1) is 39.8 Å². The van der Waals surface area contributed by atoms with Gasteiger partial charge in [-0.15, -0.1) is 0 Å². The first-order chi connectivity index (χ1) is 15.3. The predicted octanol–water partition coefficient (Wildman–Crippen LogP) is 0.422. The van der Waals surface area contributed by atoms with Crippen molar-refractivity contribution in [3.8, 4) is 0 Å². The molecule has 1 aliphatic rings. The van der Waals surface area contributed by atoms with Crippen LogP contribution in [0, 0.1) is 17.6 Å². The molecule has 0 saturated carbocycles. The molecule has 0 unspecified atom stereocenters. The van der Waals surface area contributed by atoms with Gasteiger partial charge in [0.2, 0.25) is 11.8 Å². The molecule has 1 aromatic carbocycles. The van der Waals surface area contributed by atoms with Crippen LogP contribution >= 0.6 is 0 Å². The number of carbonyl (C=O) groups excluding carboxylic acids is 3. The van der Waals surface area contributed by atoms with Gasteiger partial charge in [-0.3, -0.25) is 9.59 Å². The van der Waals surface area contributed by atoms with Crippen LogP contribution in [0.1, 0.15) is 38.7 Å². The fourth-order valence-corrected chi connectivity index (χ4v) is 3.32. The molecular weight excluding hydrogens is 436 g/mol. The van der Waals surface area contributed by atoms with E-state index in [1.54, 1.807) is 13.8 Å². The second-order valence-corrected chi connectivity index (χ2v) is 9.48. The maximum Gasteiger partial charge on any atom is 0.223 e. The van der Waals surface area contributed by atoms with Crippen LogP contribution in [0.2, 0.25) is 0 Å². The summed E-state index contributed by atoms with van der Waals surface area (Å²) >= 11 is 0. The van der Waals surface area contributed by atoms with Crippen LogP contribution < -0.4 is 10.4 Å². The van der Waals surface area contributed by atoms with Gasteiger partial charge >= 0.3 is 0 Å². The first-order valence-electron chi connectivity index (χ1n) is 10.9. The molecule has 1 aliphatic heterocycles. The van der Waals surface area contributed by atoms with E-state index < -0.39 is 35.6 Å². The van der Waals surface area contributed by atoms with Gasteiger partial charge in [-0.05, 0) is 18.4 Å². The summed E-state index contributed by atoms with van der Waals surface area (Å²) < 4.78 is 28.0. The number of likely N-dealkylation sites (N-methyl/N-ethyl adjacent to an activating group) is 1. The minimum Gasteiger partial charge on any atom is -0.548 e. The van der Waals surface area contributed by atoms with Gasteiger partial charge in [0, 0.05) is 31.0 Å². The highest BCUT2D eigenvalue weighted by Crippen LogP contribution is 2.25. The maximum absolute atomic E-state index is 13.9. The van der Waals surface area contributed by atoms with Crippen LogP contribution in [0.4, 0.5) is 8.78 Å². The van der Waals surface area contributed by atoms with Gasteiger partial charge in [-0.1, -0.05) is 26.0 Å². The molecule has 1 aromatic rings. The molecule has 0 bridgehead atoms. The van der Waals surface area contributed by atoms with Crippen molar-refractivity contribution in [2.45, 2.75) is 51.7 Å². The van der Waals surface area contributed by atoms with E-state index in [2.05, 4.69) is 26.5 Å². The molecule has 10 heteroatoms. The lowest BCUT2D eigenvalue weighted by Crippen LogP contribution is -2.51. The molecule has 2 rings (SSSR count). The average Bonchev–Trinajstić information content (AvgIpc) is 3.02. The molecule has 0 aromatic heterocycles. The third-order valence-corrected chi connectivity index (χ3v) is 5.25. The quantitative estimate of drug-likeness (QED) is 0.508. The molecular formula is C23H35F2N3O5. The van der Waals surface area contributed by atoms with Crippen LogP contribution in [-0.4, -0.2) is 78.7 Å². The number of carboxylic acids is 1. The van der Waals surface area contributed by atoms with Crippen molar-refractivity contribution < 1.29 is 37.9 Å². The predicted molar refractivity (Wildman–Crippen MR) is 116 cm³/mol. The van der Waals surface area contributed by atoms with Gasteiger partial charge in [-0.2, -0.15) is 0 Å².